The zero-order chi connectivity index (χ0) is 20.8. The van der Waals surface area contributed by atoms with Crippen LogP contribution in [0.2, 0.25) is 0 Å². The summed E-state index contributed by atoms with van der Waals surface area (Å²) in [6.45, 7) is 6.30. The lowest BCUT2D eigenvalue weighted by molar-refractivity contribution is 0.192. The highest BCUT2D eigenvalue weighted by molar-refractivity contribution is 5.79. The second-order valence-electron chi connectivity index (χ2n) is 8.58. The van der Waals surface area contributed by atoms with Crippen LogP contribution in [0.15, 0.2) is 71.5 Å². The molecule has 1 aromatic heterocycles. The van der Waals surface area contributed by atoms with Crippen molar-refractivity contribution in [1.82, 2.24) is 9.47 Å². The van der Waals surface area contributed by atoms with Crippen molar-refractivity contribution in [2.45, 2.75) is 39.2 Å². The highest BCUT2D eigenvalue weighted by atomic mass is 16.1. The molecule has 1 saturated heterocycles. The predicted molar refractivity (Wildman–Crippen MR) is 127 cm³/mol. The molecule has 3 heteroatoms. The van der Waals surface area contributed by atoms with Gasteiger partial charge in [-0.3, -0.25) is 9.69 Å². The first-order valence-electron chi connectivity index (χ1n) is 11.2. The van der Waals surface area contributed by atoms with E-state index in [2.05, 4.69) is 72.5 Å². The molecule has 1 fully saturated rings. The molecule has 1 aliphatic heterocycles. The molecule has 0 aliphatic carbocycles. The Kier molecular flexibility index (Phi) is 6.81. The van der Waals surface area contributed by atoms with Crippen molar-refractivity contribution >= 4 is 17.0 Å². The molecule has 156 valence electrons. The van der Waals surface area contributed by atoms with Crippen LogP contribution in [0.4, 0.5) is 0 Å². The van der Waals surface area contributed by atoms with E-state index in [0.29, 0.717) is 0 Å². The number of piperidine rings is 1. The van der Waals surface area contributed by atoms with Gasteiger partial charge in [-0.1, -0.05) is 54.6 Å². The van der Waals surface area contributed by atoms with Crippen LogP contribution in [0.3, 0.4) is 0 Å². The zero-order valence-corrected chi connectivity index (χ0v) is 18.0. The molecule has 4 rings (SSSR count). The van der Waals surface area contributed by atoms with E-state index < -0.39 is 0 Å². The molecule has 3 aromatic rings. The number of hydrogen-bond donors (Lipinski definition) is 0. The first kappa shape index (κ1) is 20.6. The maximum absolute atomic E-state index is 12.4. The van der Waals surface area contributed by atoms with Crippen molar-refractivity contribution in [1.29, 1.82) is 0 Å². The van der Waals surface area contributed by atoms with Gasteiger partial charge in [-0.25, -0.2) is 0 Å². The smallest absolute Gasteiger partial charge is 0.251 e. The van der Waals surface area contributed by atoms with Gasteiger partial charge in [-0.05, 0) is 80.3 Å². The Morgan fingerprint density at radius 2 is 1.77 bits per heavy atom. The topological polar surface area (TPSA) is 25.2 Å². The summed E-state index contributed by atoms with van der Waals surface area (Å²) in [5.41, 5.74) is 3.66. The minimum absolute atomic E-state index is 0.119. The third-order valence-corrected chi connectivity index (χ3v) is 6.32. The van der Waals surface area contributed by atoms with E-state index in [0.717, 1.165) is 36.3 Å². The maximum atomic E-state index is 12.4. The number of nitrogens with zero attached hydrogens (tertiary/aromatic N) is 2. The minimum atomic E-state index is 0.119. The van der Waals surface area contributed by atoms with Gasteiger partial charge in [0.15, 0.2) is 0 Å². The third kappa shape index (κ3) is 5.28. The number of rotatable bonds is 7. The molecular formula is C27H32N2O. The van der Waals surface area contributed by atoms with Crippen LogP contribution in [0.1, 0.15) is 36.8 Å². The number of fused-ring (bicyclic) bond motifs is 1. The molecule has 0 spiro atoms. The monoisotopic (exact) mass is 400 g/mol. The lowest BCUT2D eigenvalue weighted by atomic mass is 9.92. The summed E-state index contributed by atoms with van der Waals surface area (Å²) in [7, 11) is 0. The van der Waals surface area contributed by atoms with Crippen LogP contribution in [0, 0.1) is 12.8 Å². The van der Waals surface area contributed by atoms with E-state index in [4.69, 9.17) is 0 Å². The molecule has 0 N–H and O–H groups in total. The highest BCUT2D eigenvalue weighted by Crippen LogP contribution is 2.23. The van der Waals surface area contributed by atoms with Gasteiger partial charge in [0.2, 0.25) is 0 Å². The normalized spacial score (nSPS) is 15.9. The number of likely N-dealkylation sites (tertiary alicyclic amines) is 1. The first-order chi connectivity index (χ1) is 14.7. The largest absolute Gasteiger partial charge is 0.308 e. The van der Waals surface area contributed by atoms with Crippen molar-refractivity contribution in [2.24, 2.45) is 5.92 Å². The number of hydrogen-bond acceptors (Lipinski definition) is 2. The Morgan fingerprint density at radius 1 is 1.00 bits per heavy atom. The molecule has 3 nitrogen and oxygen atoms in total. The Hall–Kier alpha value is -2.65. The summed E-state index contributed by atoms with van der Waals surface area (Å²) < 4.78 is 1.96. The summed E-state index contributed by atoms with van der Waals surface area (Å²) in [5.74, 6) is 0.784. The summed E-state index contributed by atoms with van der Waals surface area (Å²) >= 11 is 0. The Morgan fingerprint density at radius 3 is 2.57 bits per heavy atom. The van der Waals surface area contributed by atoms with Gasteiger partial charge in [-0.15, -0.1) is 0 Å². The first-order valence-corrected chi connectivity index (χ1v) is 11.2. The number of pyridine rings is 1. The van der Waals surface area contributed by atoms with E-state index in [1.807, 2.05) is 10.6 Å². The van der Waals surface area contributed by atoms with Crippen LogP contribution in [-0.4, -0.2) is 29.1 Å². The van der Waals surface area contributed by atoms with E-state index in [-0.39, 0.29) is 5.56 Å². The molecule has 2 heterocycles. The minimum Gasteiger partial charge on any atom is -0.308 e. The standard InChI is InChI=1S/C27H32N2O/c1-22-11-12-25-13-14-27(30)29(26(25)21-22)18-6-10-24-15-19-28(20-16-24)17-5-9-23-7-3-2-4-8-23/h2-5,7-9,11-14,21,24H,6,10,15-20H2,1H3/b9-5+. The Labute approximate surface area is 179 Å². The molecule has 0 bridgehead atoms. The molecule has 1 aliphatic rings. The quantitative estimate of drug-likeness (QED) is 0.522. The fourth-order valence-corrected chi connectivity index (χ4v) is 4.53. The molecule has 0 saturated carbocycles. The summed E-state index contributed by atoms with van der Waals surface area (Å²) in [6.07, 6.45) is 9.32. The second kappa shape index (κ2) is 9.90. The molecule has 0 unspecified atom stereocenters. The van der Waals surface area contributed by atoms with Gasteiger partial charge < -0.3 is 4.57 Å². The number of aromatic nitrogens is 1. The predicted octanol–water partition coefficient (Wildman–Crippen LogP) is 5.52. The van der Waals surface area contributed by atoms with Gasteiger partial charge in [0, 0.05) is 19.2 Å². The van der Waals surface area contributed by atoms with Crippen molar-refractivity contribution in [3.8, 4) is 0 Å². The summed E-state index contributed by atoms with van der Waals surface area (Å²) in [6, 6.07) is 20.5. The Bertz CT molecular complexity index is 1040. The highest BCUT2D eigenvalue weighted by Gasteiger charge is 2.18. The fraction of sp³-hybridized carbons (Fsp3) is 0.370. The molecular weight excluding hydrogens is 368 g/mol. The van der Waals surface area contributed by atoms with E-state index in [9.17, 15) is 4.79 Å². The van der Waals surface area contributed by atoms with Gasteiger partial charge in [0.25, 0.3) is 5.56 Å². The van der Waals surface area contributed by atoms with Crippen LogP contribution in [0.25, 0.3) is 17.0 Å². The summed E-state index contributed by atoms with van der Waals surface area (Å²) in [5, 5.41) is 1.15. The molecule has 0 atom stereocenters. The van der Waals surface area contributed by atoms with Crippen molar-refractivity contribution in [3.63, 3.8) is 0 Å². The molecule has 0 amide bonds. The zero-order valence-electron chi connectivity index (χ0n) is 18.0. The van der Waals surface area contributed by atoms with Crippen LogP contribution in [-0.2, 0) is 6.54 Å². The number of aryl methyl sites for hydroxylation is 2. The molecule has 2 aromatic carbocycles. The second-order valence-corrected chi connectivity index (χ2v) is 8.58. The van der Waals surface area contributed by atoms with E-state index in [1.165, 1.54) is 43.5 Å². The fourth-order valence-electron chi connectivity index (χ4n) is 4.53. The summed E-state index contributed by atoms with van der Waals surface area (Å²) in [4.78, 5) is 15.0. The third-order valence-electron chi connectivity index (χ3n) is 6.32. The van der Waals surface area contributed by atoms with Gasteiger partial charge in [-0.2, -0.15) is 0 Å². The van der Waals surface area contributed by atoms with Crippen LogP contribution >= 0.6 is 0 Å². The SMILES string of the molecule is Cc1ccc2ccc(=O)n(CCCC3CCN(C/C=C/c4ccccc4)CC3)c2c1. The molecule has 30 heavy (non-hydrogen) atoms. The van der Waals surface area contributed by atoms with Gasteiger partial charge in [0.1, 0.15) is 0 Å². The van der Waals surface area contributed by atoms with Crippen molar-refractivity contribution < 1.29 is 0 Å². The van der Waals surface area contributed by atoms with Crippen LogP contribution < -0.4 is 5.56 Å². The molecule has 0 radical (unpaired) electrons. The lowest BCUT2D eigenvalue weighted by Crippen LogP contribution is -2.33. The maximum Gasteiger partial charge on any atom is 0.251 e. The van der Waals surface area contributed by atoms with Gasteiger partial charge in [0.05, 0.1) is 5.52 Å². The van der Waals surface area contributed by atoms with Crippen molar-refractivity contribution in [2.75, 3.05) is 19.6 Å². The van der Waals surface area contributed by atoms with Crippen LogP contribution in [0.5, 0.6) is 0 Å². The number of benzene rings is 2. The van der Waals surface area contributed by atoms with E-state index in [1.54, 1.807) is 6.07 Å². The van der Waals surface area contributed by atoms with E-state index >= 15 is 0 Å². The van der Waals surface area contributed by atoms with Crippen molar-refractivity contribution in [3.05, 3.63) is 88.2 Å². The Balaban J connectivity index is 1.24. The van der Waals surface area contributed by atoms with Gasteiger partial charge >= 0.3 is 0 Å². The lowest BCUT2D eigenvalue weighted by Gasteiger charge is -2.31. The average Bonchev–Trinajstić information content (AvgIpc) is 2.77. The average molecular weight is 401 g/mol.